The van der Waals surface area contributed by atoms with Crippen LogP contribution in [-0.4, -0.2) is 52.6 Å². The van der Waals surface area contributed by atoms with Crippen molar-refractivity contribution >= 4 is 29.1 Å². The molecular weight excluding hydrogens is 414 g/mol. The molecule has 2 aliphatic rings. The summed E-state index contributed by atoms with van der Waals surface area (Å²) in [5.41, 5.74) is 0.865. The molecule has 0 aliphatic carbocycles. The minimum atomic E-state index is 0.0218. The number of aromatic nitrogens is 2. The standard InChI is InChI=1S/C23H22ClN5O2/c1-16-20-15-27(21-11-12-25-22(24)26-21)13-14-28(20)23(30)29(16)17-7-9-19(10-8-17)31-18-5-3-2-4-6-18/h2-12,16,20H,13-15H2,1H3. The summed E-state index contributed by atoms with van der Waals surface area (Å²) in [6.45, 7) is 4.14. The van der Waals surface area contributed by atoms with Crippen LogP contribution in [0, 0.1) is 0 Å². The van der Waals surface area contributed by atoms with E-state index in [1.807, 2.05) is 70.5 Å². The Hall–Kier alpha value is -3.32. The highest BCUT2D eigenvalue weighted by molar-refractivity contribution is 6.28. The van der Waals surface area contributed by atoms with Crippen LogP contribution >= 0.6 is 11.6 Å². The summed E-state index contributed by atoms with van der Waals surface area (Å²) in [5.74, 6) is 2.31. The Balaban J connectivity index is 1.32. The lowest BCUT2D eigenvalue weighted by Gasteiger charge is -2.38. The van der Waals surface area contributed by atoms with Gasteiger partial charge in [0.05, 0.1) is 12.1 Å². The number of fused-ring (bicyclic) bond motifs is 1. The van der Waals surface area contributed by atoms with E-state index in [-0.39, 0.29) is 23.4 Å². The van der Waals surface area contributed by atoms with Crippen LogP contribution in [0.15, 0.2) is 66.9 Å². The second-order valence-corrected chi connectivity index (χ2v) is 8.03. The summed E-state index contributed by atoms with van der Waals surface area (Å²) in [5, 5.41) is 0.231. The second kappa shape index (κ2) is 8.07. The minimum Gasteiger partial charge on any atom is -0.457 e. The van der Waals surface area contributed by atoms with Gasteiger partial charge in [0.25, 0.3) is 0 Å². The molecule has 8 heteroatoms. The van der Waals surface area contributed by atoms with Crippen LogP contribution in [0.25, 0.3) is 0 Å². The number of benzene rings is 2. The molecule has 2 saturated heterocycles. The molecule has 3 aromatic rings. The van der Waals surface area contributed by atoms with E-state index >= 15 is 0 Å². The zero-order chi connectivity index (χ0) is 21.4. The largest absolute Gasteiger partial charge is 0.457 e. The number of rotatable bonds is 4. The summed E-state index contributed by atoms with van der Waals surface area (Å²) in [6.07, 6.45) is 1.66. The first-order valence-electron chi connectivity index (χ1n) is 10.3. The predicted octanol–water partition coefficient (Wildman–Crippen LogP) is 4.44. The van der Waals surface area contributed by atoms with Crippen molar-refractivity contribution in [1.29, 1.82) is 0 Å². The number of halogens is 1. The van der Waals surface area contributed by atoms with Gasteiger partial charge < -0.3 is 14.5 Å². The van der Waals surface area contributed by atoms with Gasteiger partial charge in [0.2, 0.25) is 5.28 Å². The summed E-state index contributed by atoms with van der Waals surface area (Å²) in [4.78, 5) is 27.5. The molecule has 2 aliphatic heterocycles. The van der Waals surface area contributed by atoms with E-state index in [1.54, 1.807) is 6.20 Å². The van der Waals surface area contributed by atoms with Crippen molar-refractivity contribution < 1.29 is 9.53 Å². The maximum Gasteiger partial charge on any atom is 0.325 e. The van der Waals surface area contributed by atoms with E-state index in [9.17, 15) is 4.79 Å². The van der Waals surface area contributed by atoms with Gasteiger partial charge in [-0.3, -0.25) is 4.90 Å². The summed E-state index contributed by atoms with van der Waals surface area (Å²) in [6, 6.07) is 19.3. The highest BCUT2D eigenvalue weighted by atomic mass is 35.5. The lowest BCUT2D eigenvalue weighted by molar-refractivity contribution is 0.195. The Morgan fingerprint density at radius 3 is 2.48 bits per heavy atom. The van der Waals surface area contributed by atoms with Gasteiger partial charge in [-0.2, -0.15) is 0 Å². The number of hydrogen-bond acceptors (Lipinski definition) is 5. The summed E-state index contributed by atoms with van der Waals surface area (Å²) >= 11 is 5.96. The molecule has 31 heavy (non-hydrogen) atoms. The molecule has 2 aromatic carbocycles. The van der Waals surface area contributed by atoms with Crippen molar-refractivity contribution in [3.63, 3.8) is 0 Å². The first kappa shape index (κ1) is 19.6. The summed E-state index contributed by atoms with van der Waals surface area (Å²) in [7, 11) is 0. The van der Waals surface area contributed by atoms with Crippen molar-refractivity contribution in [2.75, 3.05) is 29.4 Å². The van der Waals surface area contributed by atoms with Gasteiger partial charge in [0.1, 0.15) is 17.3 Å². The zero-order valence-electron chi connectivity index (χ0n) is 17.1. The van der Waals surface area contributed by atoms with Crippen LogP contribution in [0.5, 0.6) is 11.5 Å². The first-order chi connectivity index (χ1) is 15.1. The van der Waals surface area contributed by atoms with Crippen LogP contribution in [0.1, 0.15) is 6.92 Å². The average Bonchev–Trinajstić information content (AvgIpc) is 3.05. The molecule has 2 fully saturated rings. The fraction of sp³-hybridized carbons (Fsp3) is 0.261. The molecular formula is C23H22ClN5O2. The maximum atomic E-state index is 13.2. The average molecular weight is 436 g/mol. The monoisotopic (exact) mass is 435 g/mol. The van der Waals surface area contributed by atoms with Crippen molar-refractivity contribution in [3.8, 4) is 11.5 Å². The third kappa shape index (κ3) is 3.77. The number of nitrogens with zero attached hydrogens (tertiary/aromatic N) is 5. The molecule has 0 radical (unpaired) electrons. The van der Waals surface area contributed by atoms with Crippen LogP contribution < -0.4 is 14.5 Å². The number of piperazine rings is 1. The Kier molecular flexibility index (Phi) is 5.11. The molecule has 7 nitrogen and oxygen atoms in total. The molecule has 2 unspecified atom stereocenters. The molecule has 0 N–H and O–H groups in total. The molecule has 0 spiro atoms. The fourth-order valence-corrected chi connectivity index (χ4v) is 4.44. The molecule has 3 heterocycles. The molecule has 5 rings (SSSR count). The van der Waals surface area contributed by atoms with E-state index in [1.165, 1.54) is 0 Å². The number of carbonyl (C=O) groups excluding carboxylic acids is 1. The number of amides is 2. The van der Waals surface area contributed by atoms with Gasteiger partial charge in [-0.1, -0.05) is 18.2 Å². The minimum absolute atomic E-state index is 0.0218. The number of para-hydroxylation sites is 1. The van der Waals surface area contributed by atoms with E-state index in [2.05, 4.69) is 21.8 Å². The molecule has 158 valence electrons. The fourth-order valence-electron chi connectivity index (χ4n) is 4.30. The smallest absolute Gasteiger partial charge is 0.325 e. The molecule has 0 bridgehead atoms. The van der Waals surface area contributed by atoms with Gasteiger partial charge in [-0.05, 0) is 61.0 Å². The highest BCUT2D eigenvalue weighted by Crippen LogP contribution is 2.33. The maximum absolute atomic E-state index is 13.2. The normalized spacial score (nSPS) is 20.7. The van der Waals surface area contributed by atoms with Gasteiger partial charge in [0, 0.05) is 31.5 Å². The van der Waals surface area contributed by atoms with Crippen molar-refractivity contribution in [3.05, 3.63) is 72.1 Å². The lowest BCUT2D eigenvalue weighted by Crippen LogP contribution is -2.53. The summed E-state index contributed by atoms with van der Waals surface area (Å²) < 4.78 is 5.87. The lowest BCUT2D eigenvalue weighted by atomic mass is 10.1. The number of hydrogen-bond donors (Lipinski definition) is 0. The van der Waals surface area contributed by atoms with Gasteiger partial charge in [-0.15, -0.1) is 0 Å². The van der Waals surface area contributed by atoms with Crippen LogP contribution in [-0.2, 0) is 0 Å². The van der Waals surface area contributed by atoms with Gasteiger partial charge in [-0.25, -0.2) is 14.8 Å². The van der Waals surface area contributed by atoms with Crippen molar-refractivity contribution in [1.82, 2.24) is 14.9 Å². The van der Waals surface area contributed by atoms with Gasteiger partial charge >= 0.3 is 6.03 Å². The SMILES string of the molecule is CC1C2CN(c3ccnc(Cl)n3)CCN2C(=O)N1c1ccc(Oc2ccccc2)cc1. The van der Waals surface area contributed by atoms with Gasteiger partial charge in [0.15, 0.2) is 0 Å². The molecule has 0 saturated carbocycles. The molecule has 2 amide bonds. The Morgan fingerprint density at radius 2 is 1.74 bits per heavy atom. The topological polar surface area (TPSA) is 61.8 Å². The van der Waals surface area contributed by atoms with Crippen LogP contribution in [0.4, 0.5) is 16.3 Å². The van der Waals surface area contributed by atoms with E-state index in [0.717, 1.165) is 23.0 Å². The predicted molar refractivity (Wildman–Crippen MR) is 120 cm³/mol. The van der Waals surface area contributed by atoms with E-state index in [4.69, 9.17) is 16.3 Å². The number of ether oxygens (including phenoxy) is 1. The van der Waals surface area contributed by atoms with Crippen LogP contribution in [0.3, 0.4) is 0 Å². The van der Waals surface area contributed by atoms with E-state index < -0.39 is 0 Å². The highest BCUT2D eigenvalue weighted by Gasteiger charge is 2.46. The Morgan fingerprint density at radius 1 is 1.00 bits per heavy atom. The number of urea groups is 1. The second-order valence-electron chi connectivity index (χ2n) is 7.69. The Labute approximate surface area is 185 Å². The third-order valence-corrected chi connectivity index (χ3v) is 6.05. The van der Waals surface area contributed by atoms with Crippen molar-refractivity contribution in [2.24, 2.45) is 0 Å². The quantitative estimate of drug-likeness (QED) is 0.567. The molecule has 2 atom stereocenters. The Bertz CT molecular complexity index is 1080. The first-order valence-corrected chi connectivity index (χ1v) is 10.6. The van der Waals surface area contributed by atoms with E-state index in [0.29, 0.717) is 19.6 Å². The zero-order valence-corrected chi connectivity index (χ0v) is 17.8. The number of carbonyl (C=O) groups is 1. The molecule has 1 aromatic heterocycles. The third-order valence-electron chi connectivity index (χ3n) is 5.86. The number of anilines is 2. The van der Waals surface area contributed by atoms with Crippen LogP contribution in [0.2, 0.25) is 5.28 Å². The van der Waals surface area contributed by atoms with Crippen molar-refractivity contribution in [2.45, 2.75) is 19.0 Å².